The van der Waals surface area contributed by atoms with Crippen LogP contribution in [0, 0.1) is 0 Å². The summed E-state index contributed by atoms with van der Waals surface area (Å²) in [6.07, 6.45) is 2.56. The summed E-state index contributed by atoms with van der Waals surface area (Å²) >= 11 is 1.49. The van der Waals surface area contributed by atoms with Crippen molar-refractivity contribution in [2.75, 3.05) is 12.8 Å². The minimum atomic E-state index is -0.488. The van der Waals surface area contributed by atoms with Crippen molar-refractivity contribution < 1.29 is 9.59 Å². The van der Waals surface area contributed by atoms with Crippen LogP contribution in [0.4, 0.5) is 4.79 Å². The van der Waals surface area contributed by atoms with Crippen LogP contribution in [-0.2, 0) is 11.3 Å². The van der Waals surface area contributed by atoms with Crippen LogP contribution >= 0.6 is 11.8 Å². The predicted octanol–water partition coefficient (Wildman–Crippen LogP) is 2.14. The molecule has 7 nitrogen and oxygen atoms in total. The molecule has 0 radical (unpaired) electrons. The van der Waals surface area contributed by atoms with Crippen molar-refractivity contribution in [3.63, 3.8) is 0 Å². The normalized spacial score (nSPS) is 13.5. The van der Waals surface area contributed by atoms with Crippen molar-refractivity contribution in [3.05, 3.63) is 41.7 Å². The van der Waals surface area contributed by atoms with Gasteiger partial charge < -0.3 is 9.88 Å². The first kappa shape index (κ1) is 17.5. The molecule has 0 unspecified atom stereocenters. The van der Waals surface area contributed by atoms with Crippen LogP contribution < -0.4 is 10.6 Å². The van der Waals surface area contributed by atoms with E-state index in [1.165, 1.54) is 24.4 Å². The highest BCUT2D eigenvalue weighted by Crippen LogP contribution is 2.40. The molecular weight excluding hydrogens is 338 g/mol. The van der Waals surface area contributed by atoms with E-state index >= 15 is 0 Å². The summed E-state index contributed by atoms with van der Waals surface area (Å²) in [5, 5.41) is 14.1. The van der Waals surface area contributed by atoms with Crippen LogP contribution in [0.25, 0.3) is 0 Å². The number of nitrogens with one attached hydrogen (secondary N) is 2. The van der Waals surface area contributed by atoms with Gasteiger partial charge in [0.15, 0.2) is 5.16 Å². The third-order valence-electron chi connectivity index (χ3n) is 3.91. The SMILES string of the molecule is CNC(=O)NC(=O)CCSc1nnc(C2CC2)n1Cc1ccccc1. The Morgan fingerprint density at radius 3 is 2.68 bits per heavy atom. The van der Waals surface area contributed by atoms with E-state index in [0.717, 1.165) is 30.4 Å². The molecule has 1 saturated carbocycles. The second-order valence-electron chi connectivity index (χ2n) is 5.91. The van der Waals surface area contributed by atoms with Crippen molar-refractivity contribution in [1.29, 1.82) is 0 Å². The summed E-state index contributed by atoms with van der Waals surface area (Å²) in [6.45, 7) is 0.729. The summed E-state index contributed by atoms with van der Waals surface area (Å²) < 4.78 is 2.15. The first-order valence-electron chi connectivity index (χ1n) is 8.28. The van der Waals surface area contributed by atoms with E-state index < -0.39 is 6.03 Å². The zero-order valence-corrected chi connectivity index (χ0v) is 14.9. The topological polar surface area (TPSA) is 88.9 Å². The van der Waals surface area contributed by atoms with Crippen molar-refractivity contribution in [3.8, 4) is 0 Å². The Bertz CT molecular complexity index is 743. The Hall–Kier alpha value is -2.35. The Labute approximate surface area is 150 Å². The summed E-state index contributed by atoms with van der Waals surface area (Å²) in [7, 11) is 1.48. The number of carbonyl (C=O) groups is 2. The molecule has 132 valence electrons. The first-order valence-corrected chi connectivity index (χ1v) is 9.27. The molecule has 8 heteroatoms. The Morgan fingerprint density at radius 2 is 2.00 bits per heavy atom. The van der Waals surface area contributed by atoms with Crippen LogP contribution in [-0.4, -0.2) is 39.5 Å². The number of thioether (sulfide) groups is 1. The van der Waals surface area contributed by atoms with E-state index in [2.05, 4.69) is 37.5 Å². The number of amides is 3. The zero-order chi connectivity index (χ0) is 17.6. The molecule has 0 bridgehead atoms. The fourth-order valence-corrected chi connectivity index (χ4v) is 3.33. The number of aromatic nitrogens is 3. The number of imide groups is 1. The first-order chi connectivity index (χ1) is 12.2. The quantitative estimate of drug-likeness (QED) is 0.740. The maximum absolute atomic E-state index is 11.7. The van der Waals surface area contributed by atoms with Crippen molar-refractivity contribution >= 4 is 23.7 Å². The van der Waals surface area contributed by atoms with Gasteiger partial charge in [-0.05, 0) is 18.4 Å². The highest BCUT2D eigenvalue weighted by atomic mass is 32.2. The third-order valence-corrected chi connectivity index (χ3v) is 4.88. The predicted molar refractivity (Wildman–Crippen MR) is 95.5 cm³/mol. The highest BCUT2D eigenvalue weighted by molar-refractivity contribution is 7.99. The molecule has 1 fully saturated rings. The lowest BCUT2D eigenvalue weighted by Gasteiger charge is -2.10. The fourth-order valence-electron chi connectivity index (χ4n) is 2.45. The van der Waals surface area contributed by atoms with Crippen LogP contribution in [0.5, 0.6) is 0 Å². The molecule has 0 atom stereocenters. The number of benzene rings is 1. The number of hydrogen-bond acceptors (Lipinski definition) is 5. The van der Waals surface area contributed by atoms with Crippen molar-refractivity contribution in [1.82, 2.24) is 25.4 Å². The van der Waals surface area contributed by atoms with E-state index in [9.17, 15) is 9.59 Å². The van der Waals surface area contributed by atoms with Crippen LogP contribution in [0.15, 0.2) is 35.5 Å². The number of urea groups is 1. The molecule has 3 amide bonds. The molecule has 1 aromatic heterocycles. The molecule has 25 heavy (non-hydrogen) atoms. The van der Waals surface area contributed by atoms with Gasteiger partial charge in [0.2, 0.25) is 5.91 Å². The van der Waals surface area contributed by atoms with Gasteiger partial charge in [-0.3, -0.25) is 10.1 Å². The van der Waals surface area contributed by atoms with Crippen LogP contribution in [0.2, 0.25) is 0 Å². The standard InChI is InChI=1S/C17H21N5O2S/c1-18-16(24)19-14(23)9-10-25-17-21-20-15(13-7-8-13)22(17)11-12-5-3-2-4-6-12/h2-6,13H,7-11H2,1H3,(H2,18,19,23,24). The number of hydrogen-bond donors (Lipinski definition) is 2. The molecule has 2 aromatic rings. The molecule has 0 saturated heterocycles. The lowest BCUT2D eigenvalue weighted by Crippen LogP contribution is -2.37. The minimum absolute atomic E-state index is 0.245. The number of carbonyl (C=O) groups excluding carboxylic acids is 2. The second kappa shape index (κ2) is 8.15. The van der Waals surface area contributed by atoms with Gasteiger partial charge in [-0.15, -0.1) is 10.2 Å². The summed E-state index contributed by atoms with van der Waals surface area (Å²) in [5.41, 5.74) is 1.20. The van der Waals surface area contributed by atoms with Crippen LogP contribution in [0.1, 0.15) is 36.6 Å². The van der Waals surface area contributed by atoms with Gasteiger partial charge in [-0.25, -0.2) is 4.79 Å². The number of nitrogens with zero attached hydrogens (tertiary/aromatic N) is 3. The largest absolute Gasteiger partial charge is 0.341 e. The molecule has 0 aliphatic heterocycles. The van der Waals surface area contributed by atoms with E-state index in [0.29, 0.717) is 11.7 Å². The van der Waals surface area contributed by atoms with E-state index in [4.69, 9.17) is 0 Å². The van der Waals surface area contributed by atoms with Gasteiger partial charge in [0.05, 0.1) is 6.54 Å². The molecule has 0 spiro atoms. The van der Waals surface area contributed by atoms with Gasteiger partial charge in [0.25, 0.3) is 0 Å². The maximum atomic E-state index is 11.7. The minimum Gasteiger partial charge on any atom is -0.341 e. The maximum Gasteiger partial charge on any atom is 0.321 e. The van der Waals surface area contributed by atoms with E-state index in [-0.39, 0.29) is 12.3 Å². The summed E-state index contributed by atoms with van der Waals surface area (Å²) in [4.78, 5) is 22.8. The smallest absolute Gasteiger partial charge is 0.321 e. The third kappa shape index (κ3) is 4.82. The average Bonchev–Trinajstić information content (AvgIpc) is 3.39. The Balaban J connectivity index is 1.63. The number of rotatable bonds is 7. The molecule has 1 aliphatic rings. The highest BCUT2D eigenvalue weighted by Gasteiger charge is 2.30. The lowest BCUT2D eigenvalue weighted by molar-refractivity contribution is -0.119. The second-order valence-corrected chi connectivity index (χ2v) is 6.97. The Morgan fingerprint density at radius 1 is 1.24 bits per heavy atom. The molecular formula is C17H21N5O2S. The van der Waals surface area contributed by atoms with Crippen LogP contribution in [0.3, 0.4) is 0 Å². The molecule has 2 N–H and O–H groups in total. The van der Waals surface area contributed by atoms with E-state index in [1.54, 1.807) is 0 Å². The van der Waals surface area contributed by atoms with Crippen molar-refractivity contribution in [2.45, 2.75) is 36.9 Å². The zero-order valence-electron chi connectivity index (χ0n) is 14.1. The lowest BCUT2D eigenvalue weighted by atomic mass is 10.2. The molecule has 1 aliphatic carbocycles. The molecule has 3 rings (SSSR count). The van der Waals surface area contributed by atoms with Crippen molar-refractivity contribution in [2.24, 2.45) is 0 Å². The monoisotopic (exact) mass is 359 g/mol. The fraction of sp³-hybridized carbons (Fsp3) is 0.412. The van der Waals surface area contributed by atoms with E-state index in [1.807, 2.05) is 18.2 Å². The van der Waals surface area contributed by atoms with Gasteiger partial charge in [0, 0.05) is 25.1 Å². The van der Waals surface area contributed by atoms with Gasteiger partial charge in [0.1, 0.15) is 5.82 Å². The summed E-state index contributed by atoms with van der Waals surface area (Å²) in [5.74, 6) is 1.77. The van der Waals surface area contributed by atoms with Gasteiger partial charge >= 0.3 is 6.03 Å². The van der Waals surface area contributed by atoms with Gasteiger partial charge in [-0.1, -0.05) is 42.1 Å². The molecule has 1 aromatic carbocycles. The average molecular weight is 359 g/mol. The summed E-state index contributed by atoms with van der Waals surface area (Å²) in [6, 6.07) is 9.72. The Kier molecular flexibility index (Phi) is 5.70. The van der Waals surface area contributed by atoms with Gasteiger partial charge in [-0.2, -0.15) is 0 Å². The molecule has 1 heterocycles.